The lowest BCUT2D eigenvalue weighted by molar-refractivity contribution is -0.272. The first-order valence-electron chi connectivity index (χ1n) is 15.6. The molecule has 2 heterocycles. The van der Waals surface area contributed by atoms with E-state index in [2.05, 4.69) is 6.07 Å². The van der Waals surface area contributed by atoms with Gasteiger partial charge in [-0.25, -0.2) is 0 Å². The van der Waals surface area contributed by atoms with Crippen molar-refractivity contribution in [1.82, 2.24) is 9.47 Å². The van der Waals surface area contributed by atoms with E-state index in [1.165, 1.54) is 19.2 Å². The molecule has 0 saturated carbocycles. The molecular formula is C36H38F3N3O5. The molecule has 8 nitrogen and oxygen atoms in total. The van der Waals surface area contributed by atoms with Crippen LogP contribution in [0.3, 0.4) is 0 Å². The molecule has 5 rings (SSSR count). The minimum absolute atomic E-state index is 0.205. The number of carbonyl (C=O) groups is 1. The summed E-state index contributed by atoms with van der Waals surface area (Å²) in [6.45, 7) is 3.61. The zero-order valence-corrected chi connectivity index (χ0v) is 26.6. The largest absolute Gasteiger partial charge is 0.493 e. The molecule has 47 heavy (non-hydrogen) atoms. The van der Waals surface area contributed by atoms with E-state index in [0.717, 1.165) is 5.56 Å². The quantitative estimate of drug-likeness (QED) is 0.140. The van der Waals surface area contributed by atoms with Crippen molar-refractivity contribution in [2.45, 2.75) is 64.0 Å². The van der Waals surface area contributed by atoms with E-state index in [9.17, 15) is 15.2 Å². The number of fused-ring (bicyclic) bond motifs is 1. The van der Waals surface area contributed by atoms with E-state index >= 15 is 13.2 Å². The van der Waals surface area contributed by atoms with Crippen LogP contribution >= 0.6 is 0 Å². The Morgan fingerprint density at radius 2 is 1.77 bits per heavy atom. The van der Waals surface area contributed by atoms with Gasteiger partial charge in [-0.05, 0) is 56.0 Å². The number of piperidine rings is 1. The molecule has 11 heteroatoms. The third kappa shape index (κ3) is 7.24. The SMILES string of the molecule is CCCC(=O)Oc1ccc(OC2CCN(CC(O)(c3c(C)n(Cc4ccccc4)c4cc(C#N)ccc34)C(F)(F)F)CC2)c(OC)c1. The highest BCUT2D eigenvalue weighted by atomic mass is 19.4. The Morgan fingerprint density at radius 1 is 1.04 bits per heavy atom. The van der Waals surface area contributed by atoms with Gasteiger partial charge in [0.1, 0.15) is 11.9 Å². The fraction of sp³-hybridized carbons (Fsp3) is 0.389. The van der Waals surface area contributed by atoms with Gasteiger partial charge in [-0.1, -0.05) is 43.3 Å². The Balaban J connectivity index is 1.37. The lowest BCUT2D eigenvalue weighted by Gasteiger charge is -2.39. The van der Waals surface area contributed by atoms with Crippen LogP contribution in [0.15, 0.2) is 66.7 Å². The third-order valence-corrected chi connectivity index (χ3v) is 8.62. The smallest absolute Gasteiger partial charge is 0.422 e. The number of hydrogen-bond acceptors (Lipinski definition) is 7. The summed E-state index contributed by atoms with van der Waals surface area (Å²) in [5.74, 6) is 0.796. The molecule has 1 aliphatic heterocycles. The molecule has 1 N–H and O–H groups in total. The number of benzene rings is 3. The number of carbonyl (C=O) groups excluding carboxylic acids is 1. The normalized spacial score (nSPS) is 15.6. The molecule has 0 aliphatic carbocycles. The predicted octanol–water partition coefficient (Wildman–Crippen LogP) is 6.88. The van der Waals surface area contributed by atoms with E-state index in [0.29, 0.717) is 54.0 Å². The number of nitrogens with zero attached hydrogens (tertiary/aromatic N) is 3. The standard InChI is InChI=1S/C36H38F3N3O5/c1-4-8-33(43)47-28-12-14-31(32(20-28)45-3)46-27-15-17-41(18-16-27)23-35(44,36(37,38)39)34-24(2)42(22-25-9-6-5-7-10-25)30-19-26(21-40)11-13-29(30)34/h5-7,9-14,19-20,27,44H,4,8,15-18,22-23H2,1-3H3. The highest BCUT2D eigenvalue weighted by Crippen LogP contribution is 2.46. The molecule has 1 saturated heterocycles. The van der Waals surface area contributed by atoms with Crippen LogP contribution in [0.4, 0.5) is 13.2 Å². The molecule has 4 aromatic rings. The molecule has 3 aromatic carbocycles. The Hall–Kier alpha value is -4.53. The third-order valence-electron chi connectivity index (χ3n) is 8.62. The number of hydrogen-bond donors (Lipinski definition) is 1. The average Bonchev–Trinajstić information content (AvgIpc) is 3.32. The van der Waals surface area contributed by atoms with Crippen molar-refractivity contribution < 1.29 is 37.3 Å². The molecule has 1 unspecified atom stereocenters. The molecule has 1 atom stereocenters. The molecule has 0 spiro atoms. The summed E-state index contributed by atoms with van der Waals surface area (Å²) >= 11 is 0. The average molecular weight is 650 g/mol. The number of methoxy groups -OCH3 is 1. The topological polar surface area (TPSA) is 97.0 Å². The number of aromatic nitrogens is 1. The van der Waals surface area contributed by atoms with Crippen molar-refractivity contribution >= 4 is 16.9 Å². The first-order valence-corrected chi connectivity index (χ1v) is 15.6. The number of halogens is 3. The van der Waals surface area contributed by atoms with Crippen molar-refractivity contribution in [2.24, 2.45) is 0 Å². The van der Waals surface area contributed by atoms with Gasteiger partial charge in [-0.2, -0.15) is 18.4 Å². The molecule has 0 bridgehead atoms. The summed E-state index contributed by atoms with van der Waals surface area (Å²) in [5, 5.41) is 21.5. The van der Waals surface area contributed by atoms with Crippen LogP contribution in [0.5, 0.6) is 17.2 Å². The molecule has 1 aliphatic rings. The Kier molecular flexibility index (Phi) is 10.1. The highest BCUT2D eigenvalue weighted by Gasteiger charge is 2.58. The van der Waals surface area contributed by atoms with Crippen LogP contribution < -0.4 is 14.2 Å². The molecule has 1 fully saturated rings. The minimum atomic E-state index is -4.99. The summed E-state index contributed by atoms with van der Waals surface area (Å²) in [6, 6.07) is 20.8. The first kappa shape index (κ1) is 33.8. The van der Waals surface area contributed by atoms with E-state index < -0.39 is 18.3 Å². The van der Waals surface area contributed by atoms with Crippen molar-refractivity contribution in [2.75, 3.05) is 26.7 Å². The molecule has 1 aromatic heterocycles. The van der Waals surface area contributed by atoms with Crippen LogP contribution in [0.1, 0.15) is 55.0 Å². The lowest BCUT2D eigenvalue weighted by Crippen LogP contribution is -2.53. The number of β-amino-alcohol motifs (C(OH)–C–C–N with tert-alkyl or cyclic N) is 1. The molecule has 0 amide bonds. The summed E-state index contributed by atoms with van der Waals surface area (Å²) in [7, 11) is 1.47. The van der Waals surface area contributed by atoms with E-state index in [-0.39, 0.29) is 48.4 Å². The van der Waals surface area contributed by atoms with Crippen molar-refractivity contribution in [3.05, 3.63) is 89.1 Å². The summed E-state index contributed by atoms with van der Waals surface area (Å²) in [4.78, 5) is 13.5. The number of likely N-dealkylation sites (tertiary alicyclic amines) is 1. The zero-order valence-electron chi connectivity index (χ0n) is 26.6. The van der Waals surface area contributed by atoms with Crippen molar-refractivity contribution in [1.29, 1.82) is 5.26 Å². The first-order chi connectivity index (χ1) is 22.5. The highest BCUT2D eigenvalue weighted by molar-refractivity contribution is 5.88. The number of nitriles is 1. The van der Waals surface area contributed by atoms with Gasteiger partial charge in [0.2, 0.25) is 5.60 Å². The van der Waals surface area contributed by atoms with Crippen molar-refractivity contribution in [3.8, 4) is 23.3 Å². The van der Waals surface area contributed by atoms with E-state index in [4.69, 9.17) is 14.2 Å². The number of rotatable bonds is 11. The van der Waals surface area contributed by atoms with Gasteiger partial charge in [0.15, 0.2) is 11.5 Å². The minimum Gasteiger partial charge on any atom is -0.493 e. The summed E-state index contributed by atoms with van der Waals surface area (Å²) in [6.07, 6.45) is -3.49. The van der Waals surface area contributed by atoms with Crippen LogP contribution in [-0.4, -0.2) is 59.6 Å². The predicted molar refractivity (Wildman–Crippen MR) is 171 cm³/mol. The van der Waals surface area contributed by atoms with Crippen LogP contribution in [0.2, 0.25) is 0 Å². The van der Waals surface area contributed by atoms with Crippen LogP contribution in [-0.2, 0) is 16.9 Å². The maximum Gasteiger partial charge on any atom is 0.422 e. The maximum absolute atomic E-state index is 15.0. The maximum atomic E-state index is 15.0. The fourth-order valence-electron chi connectivity index (χ4n) is 6.23. The Bertz CT molecular complexity index is 1760. The van der Waals surface area contributed by atoms with Crippen LogP contribution in [0.25, 0.3) is 10.9 Å². The van der Waals surface area contributed by atoms with E-state index in [1.807, 2.05) is 37.3 Å². The van der Waals surface area contributed by atoms with Gasteiger partial charge >= 0.3 is 12.1 Å². The second kappa shape index (κ2) is 14.1. The van der Waals surface area contributed by atoms with Gasteiger partial charge in [-0.3, -0.25) is 9.69 Å². The van der Waals surface area contributed by atoms with Gasteiger partial charge < -0.3 is 23.9 Å². The molecular weight excluding hydrogens is 611 g/mol. The van der Waals surface area contributed by atoms with Gasteiger partial charge in [-0.15, -0.1) is 0 Å². The summed E-state index contributed by atoms with van der Waals surface area (Å²) < 4.78 is 63.8. The zero-order chi connectivity index (χ0) is 33.8. The number of esters is 1. The Labute approximate surface area is 271 Å². The molecule has 0 radical (unpaired) electrons. The van der Waals surface area contributed by atoms with Gasteiger partial charge in [0.05, 0.1) is 24.3 Å². The monoisotopic (exact) mass is 649 g/mol. The lowest BCUT2D eigenvalue weighted by atomic mass is 9.88. The van der Waals surface area contributed by atoms with Gasteiger partial charge in [0, 0.05) is 55.3 Å². The number of aliphatic hydroxyl groups is 1. The molecule has 248 valence electrons. The second-order valence-electron chi connectivity index (χ2n) is 11.9. The van der Waals surface area contributed by atoms with Gasteiger partial charge in [0.25, 0.3) is 0 Å². The number of ether oxygens (including phenoxy) is 3. The van der Waals surface area contributed by atoms with Crippen LogP contribution in [0, 0.1) is 18.3 Å². The van der Waals surface area contributed by atoms with Crippen molar-refractivity contribution in [3.63, 3.8) is 0 Å². The number of alkyl halides is 3. The van der Waals surface area contributed by atoms with E-state index in [1.54, 1.807) is 40.7 Å². The fourth-order valence-corrected chi connectivity index (χ4v) is 6.23. The second-order valence-corrected chi connectivity index (χ2v) is 11.9. The Morgan fingerprint density at radius 3 is 2.40 bits per heavy atom. The summed E-state index contributed by atoms with van der Waals surface area (Å²) in [5.41, 5.74) is -1.44.